The highest BCUT2D eigenvalue weighted by Crippen LogP contribution is 2.24. The molecule has 35 heavy (non-hydrogen) atoms. The number of Topliss-reactive ketones (excluding diaryl/α,β-unsaturated/α-hetero) is 1. The maximum absolute atomic E-state index is 13.1. The molecule has 7 nitrogen and oxygen atoms in total. The van der Waals surface area contributed by atoms with Gasteiger partial charge in [-0.25, -0.2) is 17.9 Å². The molecule has 0 bridgehead atoms. The first-order chi connectivity index (χ1) is 16.8. The lowest BCUT2D eigenvalue weighted by molar-refractivity contribution is -0.118. The highest BCUT2D eigenvalue weighted by Gasteiger charge is 2.24. The fraction of sp³-hybridized carbons (Fsp3) is 0.259. The summed E-state index contributed by atoms with van der Waals surface area (Å²) in [4.78, 5) is 24.1. The number of hydrogen-bond acceptors (Lipinski definition) is 4. The standard InChI is InChI=1S/C27H31N3O4S/c1-3-15-28-27(32)29-19-22-11-7-12-23(16-22)24-13-8-14-25(18-24)35(33,34)30-26(20(2)31)17-21-9-5-4-6-10-21/h4-14,16,18,26,30H,3,15,17,19H2,1-2H3,(H2,28,29,32)/t26-/m0/s1. The van der Waals surface area contributed by atoms with Crippen LogP contribution in [0.4, 0.5) is 4.79 Å². The third-order valence-corrected chi connectivity index (χ3v) is 6.93. The van der Waals surface area contributed by atoms with Gasteiger partial charge < -0.3 is 10.6 Å². The van der Waals surface area contributed by atoms with Crippen molar-refractivity contribution in [3.05, 3.63) is 90.0 Å². The molecular formula is C27H31N3O4S. The van der Waals surface area contributed by atoms with E-state index in [1.54, 1.807) is 12.1 Å². The van der Waals surface area contributed by atoms with E-state index in [-0.39, 0.29) is 23.1 Å². The van der Waals surface area contributed by atoms with Crippen LogP contribution in [0.15, 0.2) is 83.8 Å². The van der Waals surface area contributed by atoms with Crippen LogP contribution in [-0.4, -0.2) is 32.8 Å². The van der Waals surface area contributed by atoms with Crippen LogP contribution in [0.25, 0.3) is 11.1 Å². The highest BCUT2D eigenvalue weighted by molar-refractivity contribution is 7.89. The number of carbonyl (C=O) groups is 2. The van der Waals surface area contributed by atoms with Gasteiger partial charge in [-0.3, -0.25) is 4.79 Å². The molecule has 0 heterocycles. The van der Waals surface area contributed by atoms with Crippen LogP contribution >= 0.6 is 0 Å². The van der Waals surface area contributed by atoms with E-state index in [1.807, 2.05) is 67.6 Å². The van der Waals surface area contributed by atoms with Crippen molar-refractivity contribution in [1.29, 1.82) is 0 Å². The van der Waals surface area contributed by atoms with Gasteiger partial charge in [0.05, 0.1) is 10.9 Å². The van der Waals surface area contributed by atoms with Gasteiger partial charge in [-0.2, -0.15) is 0 Å². The number of benzene rings is 3. The Bertz CT molecular complexity index is 1260. The average Bonchev–Trinajstić information content (AvgIpc) is 2.86. The van der Waals surface area contributed by atoms with Crippen LogP contribution in [0.3, 0.4) is 0 Å². The maximum Gasteiger partial charge on any atom is 0.315 e. The number of hydrogen-bond donors (Lipinski definition) is 3. The summed E-state index contributed by atoms with van der Waals surface area (Å²) < 4.78 is 28.8. The van der Waals surface area contributed by atoms with Gasteiger partial charge in [0.2, 0.25) is 10.0 Å². The molecule has 8 heteroatoms. The predicted octanol–water partition coefficient (Wildman–Crippen LogP) is 4.04. The lowest BCUT2D eigenvalue weighted by atomic mass is 10.0. The van der Waals surface area contributed by atoms with E-state index in [4.69, 9.17) is 0 Å². The van der Waals surface area contributed by atoms with E-state index in [9.17, 15) is 18.0 Å². The molecule has 0 aliphatic heterocycles. The lowest BCUT2D eigenvalue weighted by Crippen LogP contribution is -2.41. The minimum Gasteiger partial charge on any atom is -0.338 e. The molecule has 0 aliphatic carbocycles. The van der Waals surface area contributed by atoms with Gasteiger partial charge in [0, 0.05) is 13.1 Å². The van der Waals surface area contributed by atoms with Gasteiger partial charge in [-0.05, 0) is 60.2 Å². The molecule has 0 aromatic heterocycles. The van der Waals surface area contributed by atoms with Crippen molar-refractivity contribution >= 4 is 21.8 Å². The molecule has 3 aromatic carbocycles. The molecule has 2 amide bonds. The molecular weight excluding hydrogens is 462 g/mol. The third-order valence-electron chi connectivity index (χ3n) is 5.46. The maximum atomic E-state index is 13.1. The highest BCUT2D eigenvalue weighted by atomic mass is 32.2. The Kier molecular flexibility index (Phi) is 9.17. The first-order valence-electron chi connectivity index (χ1n) is 11.6. The lowest BCUT2D eigenvalue weighted by Gasteiger charge is -2.17. The van der Waals surface area contributed by atoms with Crippen LogP contribution in [0.5, 0.6) is 0 Å². The first kappa shape index (κ1) is 26.1. The Morgan fingerprint density at radius 2 is 1.49 bits per heavy atom. The average molecular weight is 494 g/mol. The first-order valence-corrected chi connectivity index (χ1v) is 13.0. The van der Waals surface area contributed by atoms with E-state index >= 15 is 0 Å². The zero-order chi connectivity index (χ0) is 25.3. The van der Waals surface area contributed by atoms with Crippen molar-refractivity contribution in [3.8, 4) is 11.1 Å². The van der Waals surface area contributed by atoms with E-state index in [1.165, 1.54) is 13.0 Å². The van der Waals surface area contributed by atoms with E-state index < -0.39 is 16.1 Å². The molecule has 3 rings (SSSR count). The van der Waals surface area contributed by atoms with Crippen LogP contribution in [0, 0.1) is 0 Å². The van der Waals surface area contributed by atoms with Gasteiger partial charge in [0.15, 0.2) is 0 Å². The molecule has 0 unspecified atom stereocenters. The normalized spacial score (nSPS) is 12.1. The summed E-state index contributed by atoms with van der Waals surface area (Å²) >= 11 is 0. The summed E-state index contributed by atoms with van der Waals surface area (Å²) in [6, 6.07) is 22.4. The van der Waals surface area contributed by atoms with Gasteiger partial charge in [-0.15, -0.1) is 0 Å². The predicted molar refractivity (Wildman–Crippen MR) is 137 cm³/mol. The van der Waals surface area contributed by atoms with Crippen molar-refractivity contribution in [3.63, 3.8) is 0 Å². The summed E-state index contributed by atoms with van der Waals surface area (Å²) in [5.41, 5.74) is 3.30. The number of rotatable bonds is 11. The number of carbonyl (C=O) groups excluding carboxylic acids is 2. The molecule has 3 N–H and O–H groups in total. The van der Waals surface area contributed by atoms with E-state index in [0.29, 0.717) is 18.7 Å². The fourth-order valence-corrected chi connectivity index (χ4v) is 4.86. The Hall–Kier alpha value is -3.49. The van der Waals surface area contributed by atoms with Crippen LogP contribution < -0.4 is 15.4 Å². The van der Waals surface area contributed by atoms with Gasteiger partial charge in [-0.1, -0.05) is 67.6 Å². The monoisotopic (exact) mass is 493 g/mol. The molecule has 0 spiro atoms. The zero-order valence-electron chi connectivity index (χ0n) is 20.0. The second kappa shape index (κ2) is 12.3. The second-order valence-corrected chi connectivity index (χ2v) is 10.0. The molecule has 3 aromatic rings. The summed E-state index contributed by atoms with van der Waals surface area (Å²) in [6.07, 6.45) is 1.13. The van der Waals surface area contributed by atoms with Crippen molar-refractivity contribution in [2.24, 2.45) is 0 Å². The van der Waals surface area contributed by atoms with Crippen LogP contribution in [0.1, 0.15) is 31.4 Å². The second-order valence-electron chi connectivity index (χ2n) is 8.31. The molecule has 0 radical (unpaired) electrons. The Balaban J connectivity index is 1.76. The molecule has 0 fully saturated rings. The number of sulfonamides is 1. The number of ketones is 1. The molecule has 1 atom stereocenters. The minimum absolute atomic E-state index is 0.0804. The number of urea groups is 1. The quantitative estimate of drug-likeness (QED) is 0.375. The summed E-state index contributed by atoms with van der Waals surface area (Å²) in [5.74, 6) is -0.253. The summed E-state index contributed by atoms with van der Waals surface area (Å²) in [7, 11) is -3.93. The molecule has 0 aliphatic rings. The van der Waals surface area contributed by atoms with Gasteiger partial charge in [0.25, 0.3) is 0 Å². The van der Waals surface area contributed by atoms with Crippen molar-refractivity contribution < 1.29 is 18.0 Å². The summed E-state index contributed by atoms with van der Waals surface area (Å²) in [5, 5.41) is 5.58. The largest absolute Gasteiger partial charge is 0.338 e. The van der Waals surface area contributed by atoms with E-state index in [0.717, 1.165) is 23.1 Å². The van der Waals surface area contributed by atoms with Gasteiger partial charge in [0.1, 0.15) is 5.78 Å². The van der Waals surface area contributed by atoms with E-state index in [2.05, 4.69) is 15.4 Å². The Morgan fingerprint density at radius 3 is 2.17 bits per heavy atom. The van der Waals surface area contributed by atoms with Crippen molar-refractivity contribution in [2.45, 2.75) is 44.2 Å². The minimum atomic E-state index is -3.93. The third kappa shape index (κ3) is 7.77. The smallest absolute Gasteiger partial charge is 0.315 e. The molecule has 184 valence electrons. The van der Waals surface area contributed by atoms with Crippen molar-refractivity contribution in [2.75, 3.05) is 6.54 Å². The van der Waals surface area contributed by atoms with Crippen LogP contribution in [-0.2, 0) is 27.8 Å². The number of amides is 2. The van der Waals surface area contributed by atoms with Crippen LogP contribution in [0.2, 0.25) is 0 Å². The topological polar surface area (TPSA) is 104 Å². The fourth-order valence-electron chi connectivity index (χ4n) is 3.56. The summed E-state index contributed by atoms with van der Waals surface area (Å²) in [6.45, 7) is 4.32. The molecule has 0 saturated carbocycles. The van der Waals surface area contributed by atoms with Gasteiger partial charge >= 0.3 is 6.03 Å². The zero-order valence-corrected chi connectivity index (χ0v) is 20.8. The van der Waals surface area contributed by atoms with Crippen molar-refractivity contribution in [1.82, 2.24) is 15.4 Å². The Morgan fingerprint density at radius 1 is 0.829 bits per heavy atom. The Labute approximate surface area is 207 Å². The number of nitrogens with one attached hydrogen (secondary N) is 3. The SMILES string of the molecule is CCCNC(=O)NCc1cccc(-c2cccc(S(=O)(=O)N[C@@H](Cc3ccccc3)C(C)=O)c2)c1. The molecule has 0 saturated heterocycles.